The average molecular weight is 366 g/mol. The zero-order valence-corrected chi connectivity index (χ0v) is 14.7. The van der Waals surface area contributed by atoms with Crippen molar-refractivity contribution in [2.24, 2.45) is 0 Å². The van der Waals surface area contributed by atoms with Gasteiger partial charge in [-0.1, -0.05) is 11.6 Å². The first kappa shape index (κ1) is 16.4. The lowest BCUT2D eigenvalue weighted by Gasteiger charge is -2.15. The number of nitrogens with one attached hydrogen (secondary N) is 2. The van der Waals surface area contributed by atoms with Crippen molar-refractivity contribution < 1.29 is 0 Å². The molecule has 0 fully saturated rings. The molecule has 26 heavy (non-hydrogen) atoms. The number of aromatic amines is 1. The highest BCUT2D eigenvalue weighted by atomic mass is 35.5. The monoisotopic (exact) mass is 365 g/mol. The van der Waals surface area contributed by atoms with Crippen molar-refractivity contribution in [1.82, 2.24) is 19.5 Å². The van der Waals surface area contributed by atoms with Crippen LogP contribution in [0.15, 0.2) is 65.8 Å². The lowest BCUT2D eigenvalue weighted by atomic mass is 10.1. The molecule has 0 spiro atoms. The van der Waals surface area contributed by atoms with E-state index < -0.39 is 0 Å². The first-order valence-electron chi connectivity index (χ1n) is 8.15. The van der Waals surface area contributed by atoms with Crippen LogP contribution in [-0.4, -0.2) is 19.5 Å². The summed E-state index contributed by atoms with van der Waals surface area (Å²) in [4.78, 5) is 24.1. The Morgan fingerprint density at radius 1 is 1.19 bits per heavy atom. The SMILES string of the molecule is CC(Nc1nccc(-n2cccc2)n1)c1cc2cc(Cl)ccc2[nH]c1=O. The van der Waals surface area contributed by atoms with Crippen LogP contribution < -0.4 is 10.9 Å². The van der Waals surface area contributed by atoms with Gasteiger partial charge in [0, 0.05) is 40.1 Å². The molecule has 0 aliphatic heterocycles. The Hall–Kier alpha value is -3.12. The van der Waals surface area contributed by atoms with Crippen LogP contribution in [0.2, 0.25) is 5.02 Å². The van der Waals surface area contributed by atoms with Crippen LogP contribution in [0.25, 0.3) is 16.7 Å². The van der Waals surface area contributed by atoms with Crippen molar-refractivity contribution in [3.63, 3.8) is 0 Å². The zero-order chi connectivity index (χ0) is 18.1. The summed E-state index contributed by atoms with van der Waals surface area (Å²) < 4.78 is 1.89. The van der Waals surface area contributed by atoms with Crippen molar-refractivity contribution in [3.8, 4) is 5.82 Å². The number of hydrogen-bond acceptors (Lipinski definition) is 4. The van der Waals surface area contributed by atoms with Gasteiger partial charge in [0.15, 0.2) is 0 Å². The van der Waals surface area contributed by atoms with E-state index in [2.05, 4.69) is 20.3 Å². The summed E-state index contributed by atoms with van der Waals surface area (Å²) in [7, 11) is 0. The van der Waals surface area contributed by atoms with E-state index in [0.29, 0.717) is 16.5 Å². The third-order valence-electron chi connectivity index (χ3n) is 4.16. The second-order valence-electron chi connectivity index (χ2n) is 5.98. The summed E-state index contributed by atoms with van der Waals surface area (Å²) in [5.74, 6) is 1.20. The molecular weight excluding hydrogens is 350 g/mol. The number of H-pyrrole nitrogens is 1. The standard InChI is InChI=1S/C19H16ClN5O/c1-12(15-11-13-10-14(20)4-5-16(13)23-18(15)26)22-19-21-7-6-17(24-19)25-8-2-3-9-25/h2-12H,1H3,(H,23,26)(H,21,22,24). The molecule has 1 atom stereocenters. The summed E-state index contributed by atoms with van der Waals surface area (Å²) in [5.41, 5.74) is 1.19. The molecule has 0 aliphatic rings. The molecule has 4 aromatic rings. The van der Waals surface area contributed by atoms with Crippen molar-refractivity contribution >= 4 is 28.5 Å². The number of benzene rings is 1. The number of aromatic nitrogens is 4. The van der Waals surface area contributed by atoms with Crippen LogP contribution in [0.4, 0.5) is 5.95 Å². The highest BCUT2D eigenvalue weighted by Crippen LogP contribution is 2.21. The predicted octanol–water partition coefficient (Wildman–Crippen LogP) is 3.94. The smallest absolute Gasteiger partial charge is 0.253 e. The molecule has 0 amide bonds. The molecule has 0 saturated carbocycles. The Morgan fingerprint density at radius 3 is 2.81 bits per heavy atom. The topological polar surface area (TPSA) is 75.6 Å². The largest absolute Gasteiger partial charge is 0.347 e. The number of anilines is 1. The summed E-state index contributed by atoms with van der Waals surface area (Å²) in [6.07, 6.45) is 5.50. The molecule has 1 unspecified atom stereocenters. The average Bonchev–Trinajstić information content (AvgIpc) is 3.16. The van der Waals surface area contributed by atoms with Crippen LogP contribution in [0.5, 0.6) is 0 Å². The molecule has 0 aliphatic carbocycles. The maximum absolute atomic E-state index is 12.4. The van der Waals surface area contributed by atoms with E-state index in [4.69, 9.17) is 11.6 Å². The lowest BCUT2D eigenvalue weighted by Crippen LogP contribution is -2.20. The number of nitrogens with zero attached hydrogens (tertiary/aromatic N) is 3. The van der Waals surface area contributed by atoms with E-state index in [1.807, 2.05) is 54.2 Å². The number of halogens is 1. The quantitative estimate of drug-likeness (QED) is 0.574. The third-order valence-corrected chi connectivity index (χ3v) is 4.39. The van der Waals surface area contributed by atoms with Crippen LogP contribution in [0, 0.1) is 0 Å². The van der Waals surface area contributed by atoms with Crippen LogP contribution in [-0.2, 0) is 0 Å². The van der Waals surface area contributed by atoms with Gasteiger partial charge in [-0.3, -0.25) is 4.79 Å². The minimum Gasteiger partial charge on any atom is -0.347 e. The fraction of sp³-hybridized carbons (Fsp3) is 0.105. The summed E-state index contributed by atoms with van der Waals surface area (Å²) >= 11 is 6.06. The van der Waals surface area contributed by atoms with Crippen LogP contribution in [0.1, 0.15) is 18.5 Å². The van der Waals surface area contributed by atoms with E-state index in [-0.39, 0.29) is 11.6 Å². The second kappa shape index (κ2) is 6.65. The van der Waals surface area contributed by atoms with E-state index in [9.17, 15) is 4.79 Å². The van der Waals surface area contributed by atoms with E-state index in [1.165, 1.54) is 0 Å². The highest BCUT2D eigenvalue weighted by Gasteiger charge is 2.13. The number of fused-ring (bicyclic) bond motifs is 1. The number of hydrogen-bond donors (Lipinski definition) is 2. The van der Waals surface area contributed by atoms with E-state index >= 15 is 0 Å². The van der Waals surface area contributed by atoms with Crippen molar-refractivity contribution in [2.75, 3.05) is 5.32 Å². The summed E-state index contributed by atoms with van der Waals surface area (Å²) in [6, 6.07) is 12.6. The fourth-order valence-corrected chi connectivity index (χ4v) is 3.02. The van der Waals surface area contributed by atoms with Gasteiger partial charge in [0.05, 0.1) is 6.04 Å². The minimum atomic E-state index is -0.276. The molecule has 3 heterocycles. The van der Waals surface area contributed by atoms with Gasteiger partial charge in [0.25, 0.3) is 5.56 Å². The predicted molar refractivity (Wildman–Crippen MR) is 103 cm³/mol. The van der Waals surface area contributed by atoms with Gasteiger partial charge in [0.2, 0.25) is 5.95 Å². The molecular formula is C19H16ClN5O. The van der Waals surface area contributed by atoms with Gasteiger partial charge in [0.1, 0.15) is 5.82 Å². The molecule has 0 saturated heterocycles. The molecule has 7 heteroatoms. The van der Waals surface area contributed by atoms with Crippen LogP contribution >= 0.6 is 11.6 Å². The Morgan fingerprint density at radius 2 is 2.00 bits per heavy atom. The van der Waals surface area contributed by atoms with Crippen molar-refractivity contribution in [2.45, 2.75) is 13.0 Å². The minimum absolute atomic E-state index is 0.151. The Balaban J connectivity index is 1.65. The molecule has 3 aromatic heterocycles. The Kier molecular flexibility index (Phi) is 4.18. The van der Waals surface area contributed by atoms with Gasteiger partial charge < -0.3 is 14.9 Å². The fourth-order valence-electron chi connectivity index (χ4n) is 2.84. The molecule has 1 aromatic carbocycles. The molecule has 0 radical (unpaired) electrons. The second-order valence-corrected chi connectivity index (χ2v) is 6.42. The molecule has 6 nitrogen and oxygen atoms in total. The highest BCUT2D eigenvalue weighted by molar-refractivity contribution is 6.31. The summed E-state index contributed by atoms with van der Waals surface area (Å²) in [5, 5.41) is 4.69. The third kappa shape index (κ3) is 3.19. The maximum Gasteiger partial charge on any atom is 0.253 e. The zero-order valence-electron chi connectivity index (χ0n) is 14.0. The molecule has 4 rings (SSSR count). The van der Waals surface area contributed by atoms with E-state index in [1.54, 1.807) is 18.3 Å². The van der Waals surface area contributed by atoms with Gasteiger partial charge in [-0.25, -0.2) is 4.98 Å². The lowest BCUT2D eigenvalue weighted by molar-refractivity contribution is 0.839. The van der Waals surface area contributed by atoms with E-state index in [0.717, 1.165) is 16.7 Å². The first-order valence-corrected chi connectivity index (χ1v) is 8.53. The van der Waals surface area contributed by atoms with Crippen molar-refractivity contribution in [3.05, 3.63) is 82.0 Å². The maximum atomic E-state index is 12.4. The first-order chi connectivity index (χ1) is 12.6. The number of pyridine rings is 1. The Bertz CT molecular complexity index is 1120. The van der Waals surface area contributed by atoms with Gasteiger partial charge in [-0.2, -0.15) is 4.98 Å². The number of rotatable bonds is 4. The molecule has 2 N–H and O–H groups in total. The van der Waals surface area contributed by atoms with Crippen molar-refractivity contribution in [1.29, 1.82) is 0 Å². The molecule has 0 bridgehead atoms. The molecule has 130 valence electrons. The van der Waals surface area contributed by atoms with Gasteiger partial charge >= 0.3 is 0 Å². The normalized spacial score (nSPS) is 12.2. The van der Waals surface area contributed by atoms with Gasteiger partial charge in [-0.15, -0.1) is 0 Å². The summed E-state index contributed by atoms with van der Waals surface area (Å²) in [6.45, 7) is 1.90. The Labute approximate surface area is 154 Å². The van der Waals surface area contributed by atoms with Gasteiger partial charge in [-0.05, 0) is 49.4 Å². The van der Waals surface area contributed by atoms with Crippen LogP contribution in [0.3, 0.4) is 0 Å².